The van der Waals surface area contributed by atoms with Crippen LogP contribution in [0.1, 0.15) is 28.5 Å². The summed E-state index contributed by atoms with van der Waals surface area (Å²) in [5.41, 5.74) is 0.923. The fraction of sp³-hybridized carbons (Fsp3) is 0.385. The van der Waals surface area contributed by atoms with Crippen LogP contribution >= 0.6 is 22.7 Å². The molecule has 0 aromatic carbocycles. The first-order chi connectivity index (χ1) is 9.20. The van der Waals surface area contributed by atoms with Crippen molar-refractivity contribution >= 4 is 28.6 Å². The maximum atomic E-state index is 12.0. The summed E-state index contributed by atoms with van der Waals surface area (Å²) < 4.78 is 5.11. The Labute approximate surface area is 120 Å². The molecule has 1 atom stereocenters. The van der Waals surface area contributed by atoms with E-state index in [2.05, 4.69) is 10.3 Å². The fourth-order valence-electron chi connectivity index (χ4n) is 1.62. The molecule has 0 aliphatic rings. The summed E-state index contributed by atoms with van der Waals surface area (Å²) in [5.74, 6) is -0.270. The third-order valence-electron chi connectivity index (χ3n) is 2.47. The first-order valence-corrected chi connectivity index (χ1v) is 7.81. The number of hydrogen-bond donors (Lipinski definition) is 1. The molecule has 0 saturated carbocycles. The first-order valence-electron chi connectivity index (χ1n) is 6.05. The normalized spacial score (nSPS) is 12.3. The van der Waals surface area contributed by atoms with Crippen molar-refractivity contribution < 1.29 is 9.53 Å². The van der Waals surface area contributed by atoms with Gasteiger partial charge in [0.1, 0.15) is 5.01 Å². The van der Waals surface area contributed by atoms with Crippen LogP contribution < -0.4 is 5.32 Å². The molecule has 0 bridgehead atoms. The molecule has 2 rings (SSSR count). The highest BCUT2D eigenvalue weighted by Gasteiger charge is 2.24. The van der Waals surface area contributed by atoms with Gasteiger partial charge in [-0.2, -0.15) is 0 Å². The van der Waals surface area contributed by atoms with Crippen molar-refractivity contribution in [3.63, 3.8) is 0 Å². The lowest BCUT2D eigenvalue weighted by molar-refractivity contribution is -0.145. The minimum absolute atomic E-state index is 0.270. The lowest BCUT2D eigenvalue weighted by atomic mass is 10.3. The van der Waals surface area contributed by atoms with E-state index in [0.29, 0.717) is 13.2 Å². The van der Waals surface area contributed by atoms with Crippen molar-refractivity contribution in [1.29, 1.82) is 0 Å². The van der Waals surface area contributed by atoms with Crippen molar-refractivity contribution in [2.75, 3.05) is 6.61 Å². The molecule has 2 aromatic heterocycles. The molecule has 0 aliphatic heterocycles. The van der Waals surface area contributed by atoms with Gasteiger partial charge in [-0.1, -0.05) is 6.07 Å². The van der Waals surface area contributed by atoms with E-state index in [9.17, 15) is 4.79 Å². The minimum Gasteiger partial charge on any atom is -0.465 e. The van der Waals surface area contributed by atoms with Crippen LogP contribution in [0.2, 0.25) is 0 Å². The number of ether oxygens (including phenoxy) is 1. The van der Waals surface area contributed by atoms with E-state index in [1.54, 1.807) is 18.3 Å². The average molecular weight is 296 g/mol. The second-order valence-corrected chi connectivity index (χ2v) is 5.89. The summed E-state index contributed by atoms with van der Waals surface area (Å²) >= 11 is 3.14. The van der Waals surface area contributed by atoms with Gasteiger partial charge in [0.25, 0.3) is 0 Å². The molecule has 0 spiro atoms. The van der Waals surface area contributed by atoms with E-state index in [1.807, 2.05) is 29.8 Å². The number of carbonyl (C=O) groups is 1. The highest BCUT2D eigenvalue weighted by molar-refractivity contribution is 7.10. The van der Waals surface area contributed by atoms with Gasteiger partial charge in [-0.15, -0.1) is 22.7 Å². The zero-order chi connectivity index (χ0) is 13.7. The number of carbonyl (C=O) groups excluding carboxylic acids is 1. The van der Waals surface area contributed by atoms with Gasteiger partial charge >= 0.3 is 5.97 Å². The van der Waals surface area contributed by atoms with Gasteiger partial charge in [-0.25, -0.2) is 9.78 Å². The van der Waals surface area contributed by atoms with Crippen molar-refractivity contribution in [2.24, 2.45) is 0 Å². The summed E-state index contributed by atoms with van der Waals surface area (Å²) in [6.45, 7) is 4.74. The van der Waals surface area contributed by atoms with Crippen LogP contribution in [-0.2, 0) is 16.1 Å². The van der Waals surface area contributed by atoms with Crippen LogP contribution in [0.5, 0.6) is 0 Å². The van der Waals surface area contributed by atoms with Crippen molar-refractivity contribution in [3.8, 4) is 0 Å². The van der Waals surface area contributed by atoms with Crippen LogP contribution in [0.25, 0.3) is 0 Å². The standard InChI is InChI=1S/C13H16N2O2S2/c1-3-17-13(16)11(12-15-9(2)8-19-12)14-7-10-5-4-6-18-10/h4-6,8,11,14H,3,7H2,1-2H3. The summed E-state index contributed by atoms with van der Waals surface area (Å²) in [4.78, 5) is 17.6. The SMILES string of the molecule is CCOC(=O)C(NCc1cccs1)c1nc(C)cs1. The van der Waals surface area contributed by atoms with Crippen molar-refractivity contribution in [2.45, 2.75) is 26.4 Å². The molecule has 102 valence electrons. The number of hydrogen-bond acceptors (Lipinski definition) is 6. The Morgan fingerprint density at radius 2 is 2.37 bits per heavy atom. The van der Waals surface area contributed by atoms with E-state index in [0.717, 1.165) is 10.7 Å². The van der Waals surface area contributed by atoms with E-state index in [4.69, 9.17) is 4.74 Å². The largest absolute Gasteiger partial charge is 0.465 e. The number of rotatable bonds is 6. The fourth-order valence-corrected chi connectivity index (χ4v) is 3.13. The molecule has 0 radical (unpaired) electrons. The number of aryl methyl sites for hydroxylation is 1. The summed E-state index contributed by atoms with van der Waals surface area (Å²) in [5, 5.41) is 7.93. The Hall–Kier alpha value is -1.24. The Bertz CT molecular complexity index is 522. The molecule has 0 aliphatic carbocycles. The van der Waals surface area contributed by atoms with Gasteiger partial charge < -0.3 is 4.74 Å². The Balaban J connectivity index is 2.07. The highest BCUT2D eigenvalue weighted by Crippen LogP contribution is 2.20. The maximum absolute atomic E-state index is 12.0. The molecule has 2 aromatic rings. The summed E-state index contributed by atoms with van der Waals surface area (Å²) in [6.07, 6.45) is 0. The topological polar surface area (TPSA) is 51.2 Å². The van der Waals surface area contributed by atoms with Gasteiger partial charge in [0.05, 0.1) is 6.61 Å². The average Bonchev–Trinajstić information content (AvgIpc) is 3.02. The second-order valence-electron chi connectivity index (χ2n) is 3.97. The van der Waals surface area contributed by atoms with Gasteiger partial charge in [-0.3, -0.25) is 5.32 Å². The van der Waals surface area contributed by atoms with Crippen LogP contribution in [0.15, 0.2) is 22.9 Å². The zero-order valence-electron chi connectivity index (χ0n) is 10.9. The quantitative estimate of drug-likeness (QED) is 0.833. The molecule has 4 nitrogen and oxygen atoms in total. The molecule has 0 amide bonds. The summed E-state index contributed by atoms with van der Waals surface area (Å²) in [6, 6.07) is 3.54. The smallest absolute Gasteiger partial charge is 0.330 e. The molecular weight excluding hydrogens is 280 g/mol. The van der Waals surface area contributed by atoms with E-state index < -0.39 is 6.04 Å². The molecule has 0 saturated heterocycles. The molecule has 0 fully saturated rings. The highest BCUT2D eigenvalue weighted by atomic mass is 32.1. The maximum Gasteiger partial charge on any atom is 0.330 e. The van der Waals surface area contributed by atoms with Crippen LogP contribution in [-0.4, -0.2) is 17.6 Å². The monoisotopic (exact) mass is 296 g/mol. The number of esters is 1. The Morgan fingerprint density at radius 1 is 1.53 bits per heavy atom. The minimum atomic E-state index is -0.485. The number of thiophene rings is 1. The predicted molar refractivity (Wildman–Crippen MR) is 77.4 cm³/mol. The Morgan fingerprint density at radius 3 is 2.95 bits per heavy atom. The van der Waals surface area contributed by atoms with Crippen LogP contribution in [0.4, 0.5) is 0 Å². The van der Waals surface area contributed by atoms with E-state index >= 15 is 0 Å². The molecule has 1 unspecified atom stereocenters. The van der Waals surface area contributed by atoms with Crippen LogP contribution in [0.3, 0.4) is 0 Å². The van der Waals surface area contributed by atoms with Crippen LogP contribution in [0, 0.1) is 6.92 Å². The van der Waals surface area contributed by atoms with Gasteiger partial charge in [0, 0.05) is 22.5 Å². The molecule has 6 heteroatoms. The predicted octanol–water partition coefficient (Wildman–Crippen LogP) is 2.91. The molecule has 1 N–H and O–H groups in total. The van der Waals surface area contributed by atoms with E-state index in [1.165, 1.54) is 16.2 Å². The lowest BCUT2D eigenvalue weighted by Gasteiger charge is -2.14. The molecule has 19 heavy (non-hydrogen) atoms. The van der Waals surface area contributed by atoms with Gasteiger partial charge in [-0.05, 0) is 25.3 Å². The zero-order valence-corrected chi connectivity index (χ0v) is 12.5. The third-order valence-corrected chi connectivity index (χ3v) is 4.37. The van der Waals surface area contributed by atoms with Crippen molar-refractivity contribution in [3.05, 3.63) is 38.5 Å². The molecular formula is C13H16N2O2S2. The Kier molecular flexibility index (Phi) is 5.07. The number of thiazole rings is 1. The molecule has 2 heterocycles. The number of aromatic nitrogens is 1. The second kappa shape index (κ2) is 6.79. The van der Waals surface area contributed by atoms with Gasteiger partial charge in [0.2, 0.25) is 0 Å². The van der Waals surface area contributed by atoms with Gasteiger partial charge in [0.15, 0.2) is 6.04 Å². The third kappa shape index (κ3) is 3.86. The van der Waals surface area contributed by atoms with E-state index in [-0.39, 0.29) is 5.97 Å². The number of nitrogens with zero attached hydrogens (tertiary/aromatic N) is 1. The number of nitrogens with one attached hydrogen (secondary N) is 1. The first kappa shape index (κ1) is 14.2. The summed E-state index contributed by atoms with van der Waals surface area (Å²) in [7, 11) is 0. The van der Waals surface area contributed by atoms with Crippen molar-refractivity contribution in [1.82, 2.24) is 10.3 Å². The lowest BCUT2D eigenvalue weighted by Crippen LogP contribution is -2.29.